The molecule has 1 aromatic heterocycles. The van der Waals surface area contributed by atoms with Crippen LogP contribution in [0.1, 0.15) is 5.56 Å². The van der Waals surface area contributed by atoms with Gasteiger partial charge in [-0.2, -0.15) is 5.26 Å². The number of ether oxygens (including phenoxy) is 1. The highest BCUT2D eigenvalue weighted by molar-refractivity contribution is 6.32. The monoisotopic (exact) mass is 288 g/mol. The van der Waals surface area contributed by atoms with Gasteiger partial charge in [0, 0.05) is 12.6 Å². The Morgan fingerprint density at radius 3 is 2.70 bits per heavy atom. The third kappa shape index (κ3) is 2.54. The van der Waals surface area contributed by atoms with Gasteiger partial charge in [0.2, 0.25) is 0 Å². The summed E-state index contributed by atoms with van der Waals surface area (Å²) in [5.74, 6) is 0.585. The maximum absolute atomic E-state index is 12.1. The van der Waals surface area contributed by atoms with Gasteiger partial charge in [-0.25, -0.2) is 0 Å². The number of pyridine rings is 1. The maximum Gasteiger partial charge on any atom is 0.255 e. The lowest BCUT2D eigenvalue weighted by Gasteiger charge is -2.11. The minimum Gasteiger partial charge on any atom is -0.495 e. The first-order valence-corrected chi connectivity index (χ1v) is 6.36. The summed E-state index contributed by atoms with van der Waals surface area (Å²) in [7, 11) is 3.23. The molecular formula is C15H13ClN2O2. The number of benzene rings is 1. The van der Waals surface area contributed by atoms with Gasteiger partial charge in [-0.3, -0.25) is 4.79 Å². The van der Waals surface area contributed by atoms with Gasteiger partial charge in [-0.15, -0.1) is 0 Å². The summed E-state index contributed by atoms with van der Waals surface area (Å²) in [5, 5.41) is 9.17. The molecule has 0 amide bonds. The van der Waals surface area contributed by atoms with E-state index in [1.165, 1.54) is 4.57 Å². The highest BCUT2D eigenvalue weighted by Crippen LogP contribution is 2.29. The molecule has 0 aliphatic carbocycles. The first-order valence-electron chi connectivity index (χ1n) is 5.98. The topological polar surface area (TPSA) is 55.0 Å². The predicted octanol–water partition coefficient (Wildman–Crippen LogP) is 2.78. The van der Waals surface area contributed by atoms with Crippen molar-refractivity contribution < 1.29 is 4.74 Å². The second-order valence-electron chi connectivity index (χ2n) is 4.29. The number of methoxy groups -OCH3 is 1. The van der Waals surface area contributed by atoms with Crippen molar-refractivity contribution >= 4 is 11.6 Å². The average Bonchev–Trinajstić information content (AvgIpc) is 2.44. The lowest BCUT2D eigenvalue weighted by Crippen LogP contribution is -2.21. The molecular weight excluding hydrogens is 276 g/mol. The molecule has 0 unspecified atom stereocenters. The van der Waals surface area contributed by atoms with Crippen LogP contribution in [0.4, 0.5) is 0 Å². The summed E-state index contributed by atoms with van der Waals surface area (Å²) < 4.78 is 6.62. The molecule has 2 aromatic rings. The van der Waals surface area contributed by atoms with E-state index in [-0.39, 0.29) is 12.0 Å². The Hall–Kier alpha value is -2.25. The fourth-order valence-corrected chi connectivity index (χ4v) is 2.28. The van der Waals surface area contributed by atoms with Gasteiger partial charge in [-0.05, 0) is 29.8 Å². The molecule has 1 aromatic carbocycles. The van der Waals surface area contributed by atoms with Crippen molar-refractivity contribution in [1.82, 2.24) is 4.57 Å². The van der Waals surface area contributed by atoms with Gasteiger partial charge in [0.15, 0.2) is 0 Å². The molecule has 0 saturated heterocycles. The van der Waals surface area contributed by atoms with Gasteiger partial charge in [0.05, 0.1) is 30.3 Å². The van der Waals surface area contributed by atoms with Crippen molar-refractivity contribution in [3.05, 3.63) is 51.3 Å². The van der Waals surface area contributed by atoms with Crippen molar-refractivity contribution in [2.45, 2.75) is 6.42 Å². The summed E-state index contributed by atoms with van der Waals surface area (Å²) in [6.45, 7) is 0. The summed E-state index contributed by atoms with van der Waals surface area (Å²) in [6.07, 6.45) is 0.107. The van der Waals surface area contributed by atoms with Crippen LogP contribution in [0.2, 0.25) is 5.02 Å². The molecule has 0 aliphatic rings. The second kappa shape index (κ2) is 5.81. The van der Waals surface area contributed by atoms with Crippen LogP contribution in [0.5, 0.6) is 5.75 Å². The molecule has 0 atom stereocenters. The molecule has 0 saturated carbocycles. The van der Waals surface area contributed by atoms with E-state index in [1.807, 2.05) is 18.2 Å². The van der Waals surface area contributed by atoms with E-state index in [9.17, 15) is 4.79 Å². The normalized spacial score (nSPS) is 10.1. The van der Waals surface area contributed by atoms with E-state index in [0.29, 0.717) is 16.3 Å². The molecule has 0 bridgehead atoms. The van der Waals surface area contributed by atoms with E-state index in [4.69, 9.17) is 21.6 Å². The van der Waals surface area contributed by atoms with Crippen LogP contribution >= 0.6 is 11.6 Å². The van der Waals surface area contributed by atoms with E-state index in [2.05, 4.69) is 0 Å². The fraction of sp³-hybridized carbons (Fsp3) is 0.200. The Labute approximate surface area is 121 Å². The Bertz CT molecular complexity index is 745. The van der Waals surface area contributed by atoms with Gasteiger partial charge in [0.25, 0.3) is 5.56 Å². The molecule has 0 aliphatic heterocycles. The lowest BCUT2D eigenvalue weighted by molar-refractivity contribution is 0.415. The van der Waals surface area contributed by atoms with Gasteiger partial charge >= 0.3 is 0 Å². The van der Waals surface area contributed by atoms with Crippen molar-refractivity contribution in [2.75, 3.05) is 7.11 Å². The van der Waals surface area contributed by atoms with Crippen molar-refractivity contribution in [3.63, 3.8) is 0 Å². The zero-order valence-electron chi connectivity index (χ0n) is 11.2. The number of nitrogens with zero attached hydrogens (tertiary/aromatic N) is 2. The summed E-state index contributed by atoms with van der Waals surface area (Å²) in [4.78, 5) is 12.1. The summed E-state index contributed by atoms with van der Waals surface area (Å²) in [5.41, 5.74) is 1.87. The molecule has 5 heteroatoms. The first kappa shape index (κ1) is 14.2. The van der Waals surface area contributed by atoms with Crippen LogP contribution in [0, 0.1) is 11.3 Å². The molecule has 0 radical (unpaired) electrons. The third-order valence-electron chi connectivity index (χ3n) is 3.10. The summed E-state index contributed by atoms with van der Waals surface area (Å²) in [6, 6.07) is 10.8. The highest BCUT2D eigenvalue weighted by Gasteiger charge is 2.09. The second-order valence-corrected chi connectivity index (χ2v) is 4.70. The van der Waals surface area contributed by atoms with Crippen LogP contribution in [0.25, 0.3) is 11.3 Å². The lowest BCUT2D eigenvalue weighted by atomic mass is 10.1. The molecule has 0 spiro atoms. The number of halogens is 1. The van der Waals surface area contributed by atoms with E-state index >= 15 is 0 Å². The van der Waals surface area contributed by atoms with Crippen LogP contribution in [0.3, 0.4) is 0 Å². The quantitative estimate of drug-likeness (QED) is 0.872. The maximum atomic E-state index is 12.1. The summed E-state index contributed by atoms with van der Waals surface area (Å²) >= 11 is 6.10. The van der Waals surface area contributed by atoms with E-state index in [1.54, 1.807) is 32.4 Å². The van der Waals surface area contributed by atoms with Crippen LogP contribution in [0.15, 0.2) is 35.1 Å². The number of hydrogen-bond donors (Lipinski definition) is 0. The molecule has 1 heterocycles. The minimum absolute atomic E-state index is 0.107. The molecule has 20 heavy (non-hydrogen) atoms. The van der Waals surface area contributed by atoms with Crippen LogP contribution in [-0.4, -0.2) is 11.7 Å². The molecule has 0 N–H and O–H groups in total. The Morgan fingerprint density at radius 2 is 2.10 bits per heavy atom. The standard InChI is InChI=1S/C15H13ClN2O2/c1-18-13(5-3-10(7-8-17)15(18)19)11-4-6-14(20-2)12(16)9-11/h3-6,9H,7H2,1-2H3. The zero-order chi connectivity index (χ0) is 14.7. The van der Waals surface area contributed by atoms with Crippen LogP contribution in [-0.2, 0) is 13.5 Å². The Kier molecular flexibility index (Phi) is 4.11. The fourth-order valence-electron chi connectivity index (χ4n) is 2.02. The average molecular weight is 289 g/mol. The van der Waals surface area contributed by atoms with Crippen molar-refractivity contribution in [2.24, 2.45) is 7.05 Å². The smallest absolute Gasteiger partial charge is 0.255 e. The van der Waals surface area contributed by atoms with E-state index < -0.39 is 0 Å². The Balaban J connectivity index is 2.54. The number of hydrogen-bond acceptors (Lipinski definition) is 3. The van der Waals surface area contributed by atoms with Crippen molar-refractivity contribution in [3.8, 4) is 23.1 Å². The highest BCUT2D eigenvalue weighted by atomic mass is 35.5. The van der Waals surface area contributed by atoms with E-state index in [0.717, 1.165) is 11.3 Å². The Morgan fingerprint density at radius 1 is 1.35 bits per heavy atom. The molecule has 0 fully saturated rings. The van der Waals surface area contributed by atoms with Gasteiger partial charge < -0.3 is 9.30 Å². The van der Waals surface area contributed by atoms with Crippen molar-refractivity contribution in [1.29, 1.82) is 5.26 Å². The number of rotatable bonds is 3. The third-order valence-corrected chi connectivity index (χ3v) is 3.40. The first-order chi connectivity index (χ1) is 9.58. The number of nitriles is 1. The SMILES string of the molecule is COc1ccc(-c2ccc(CC#N)c(=O)n2C)cc1Cl. The largest absolute Gasteiger partial charge is 0.495 e. The molecule has 2 rings (SSSR count). The minimum atomic E-state index is -0.170. The molecule has 102 valence electrons. The van der Waals surface area contributed by atoms with Gasteiger partial charge in [0.1, 0.15) is 5.75 Å². The number of aromatic nitrogens is 1. The molecule has 4 nitrogen and oxygen atoms in total. The predicted molar refractivity (Wildman–Crippen MR) is 78.0 cm³/mol. The van der Waals surface area contributed by atoms with Crippen LogP contribution < -0.4 is 10.3 Å². The van der Waals surface area contributed by atoms with Gasteiger partial charge in [-0.1, -0.05) is 17.7 Å². The zero-order valence-corrected chi connectivity index (χ0v) is 11.9.